The van der Waals surface area contributed by atoms with Crippen molar-refractivity contribution in [3.05, 3.63) is 24.3 Å². The molecule has 3 fully saturated rings. The van der Waals surface area contributed by atoms with Crippen molar-refractivity contribution in [2.24, 2.45) is 17.8 Å². The highest BCUT2D eigenvalue weighted by molar-refractivity contribution is 5.93. The molecule has 0 unspecified atom stereocenters. The molecular formula is C18H24N2O2. The first-order chi connectivity index (χ1) is 10.8. The van der Waals surface area contributed by atoms with E-state index in [2.05, 4.69) is 22.3 Å². The van der Waals surface area contributed by atoms with Gasteiger partial charge in [-0.2, -0.15) is 0 Å². The molecule has 4 nitrogen and oxygen atoms in total. The van der Waals surface area contributed by atoms with Crippen molar-refractivity contribution in [2.75, 3.05) is 36.5 Å². The van der Waals surface area contributed by atoms with Crippen molar-refractivity contribution >= 4 is 17.3 Å². The summed E-state index contributed by atoms with van der Waals surface area (Å²) in [5.74, 6) is 1.92. The van der Waals surface area contributed by atoms with E-state index in [0.29, 0.717) is 5.92 Å². The molecule has 0 aromatic heterocycles. The van der Waals surface area contributed by atoms with E-state index in [9.17, 15) is 4.79 Å². The van der Waals surface area contributed by atoms with Gasteiger partial charge in [0.25, 0.3) is 0 Å². The second-order valence-corrected chi connectivity index (χ2v) is 6.92. The molecule has 1 N–H and O–H groups in total. The number of fused-ring (bicyclic) bond motifs is 2. The average Bonchev–Trinajstić information content (AvgIpc) is 3.19. The van der Waals surface area contributed by atoms with Gasteiger partial charge >= 0.3 is 0 Å². The van der Waals surface area contributed by atoms with Crippen molar-refractivity contribution in [3.63, 3.8) is 0 Å². The summed E-state index contributed by atoms with van der Waals surface area (Å²) in [4.78, 5) is 14.8. The minimum absolute atomic E-state index is 0.228. The second-order valence-electron chi connectivity index (χ2n) is 6.92. The van der Waals surface area contributed by atoms with Gasteiger partial charge in [-0.1, -0.05) is 6.42 Å². The summed E-state index contributed by atoms with van der Waals surface area (Å²) in [6.07, 6.45) is 4.96. The first kappa shape index (κ1) is 14.1. The Hall–Kier alpha value is -1.55. The molecule has 0 spiro atoms. The minimum Gasteiger partial charge on any atom is -0.378 e. The third-order valence-corrected chi connectivity index (χ3v) is 5.59. The Kier molecular flexibility index (Phi) is 3.78. The third kappa shape index (κ3) is 2.72. The van der Waals surface area contributed by atoms with Crippen molar-refractivity contribution in [1.82, 2.24) is 0 Å². The molecule has 118 valence electrons. The molecule has 2 bridgehead atoms. The van der Waals surface area contributed by atoms with Crippen LogP contribution in [-0.2, 0) is 9.53 Å². The molecule has 22 heavy (non-hydrogen) atoms. The Bertz CT molecular complexity index is 537. The van der Waals surface area contributed by atoms with Gasteiger partial charge in [-0.15, -0.1) is 0 Å². The number of rotatable bonds is 3. The highest BCUT2D eigenvalue weighted by Crippen LogP contribution is 2.48. The van der Waals surface area contributed by atoms with Gasteiger partial charge in [-0.3, -0.25) is 4.79 Å². The van der Waals surface area contributed by atoms with Gasteiger partial charge in [0.2, 0.25) is 5.91 Å². The predicted molar refractivity (Wildman–Crippen MR) is 87.0 cm³/mol. The van der Waals surface area contributed by atoms with Crippen LogP contribution < -0.4 is 10.2 Å². The topological polar surface area (TPSA) is 41.6 Å². The van der Waals surface area contributed by atoms with Crippen LogP contribution in [0.5, 0.6) is 0 Å². The number of nitrogens with zero attached hydrogens (tertiary/aromatic N) is 1. The molecule has 2 aliphatic carbocycles. The zero-order valence-electron chi connectivity index (χ0n) is 13.0. The van der Waals surface area contributed by atoms with Crippen LogP contribution in [0.25, 0.3) is 0 Å². The van der Waals surface area contributed by atoms with Gasteiger partial charge in [0.15, 0.2) is 0 Å². The third-order valence-electron chi connectivity index (χ3n) is 5.59. The summed E-state index contributed by atoms with van der Waals surface area (Å²) in [5, 5.41) is 3.12. The van der Waals surface area contributed by atoms with Crippen LogP contribution in [0.4, 0.5) is 11.4 Å². The van der Waals surface area contributed by atoms with Crippen molar-refractivity contribution in [3.8, 4) is 0 Å². The molecule has 2 saturated carbocycles. The fourth-order valence-corrected chi connectivity index (χ4v) is 4.38. The molecule has 1 heterocycles. The molecular weight excluding hydrogens is 276 g/mol. The SMILES string of the molecule is O=C(Nc1ccc(N2CCOCC2)cc1)[C@H]1C[C@H]2CC[C@@H]1C2. The first-order valence-corrected chi connectivity index (χ1v) is 8.53. The lowest BCUT2D eigenvalue weighted by Gasteiger charge is -2.29. The van der Waals surface area contributed by atoms with Crippen LogP contribution in [0.3, 0.4) is 0 Å². The van der Waals surface area contributed by atoms with Crippen molar-refractivity contribution in [2.45, 2.75) is 25.7 Å². The molecule has 3 aliphatic rings. The average molecular weight is 300 g/mol. The van der Waals surface area contributed by atoms with E-state index in [0.717, 1.165) is 44.3 Å². The number of nitrogens with one attached hydrogen (secondary N) is 1. The summed E-state index contributed by atoms with van der Waals surface area (Å²) in [5.41, 5.74) is 2.13. The molecule has 1 aliphatic heterocycles. The fourth-order valence-electron chi connectivity index (χ4n) is 4.38. The Morgan fingerprint density at radius 1 is 1.09 bits per heavy atom. The van der Waals surface area contributed by atoms with Gasteiger partial charge in [-0.25, -0.2) is 0 Å². The molecule has 4 heteroatoms. The minimum atomic E-state index is 0.228. The number of hydrogen-bond acceptors (Lipinski definition) is 3. The maximum absolute atomic E-state index is 12.5. The Morgan fingerprint density at radius 3 is 2.50 bits per heavy atom. The van der Waals surface area contributed by atoms with Crippen LogP contribution in [0.15, 0.2) is 24.3 Å². The lowest BCUT2D eigenvalue weighted by Crippen LogP contribution is -2.36. The lowest BCUT2D eigenvalue weighted by atomic mass is 9.88. The Balaban J connectivity index is 1.37. The summed E-state index contributed by atoms with van der Waals surface area (Å²) < 4.78 is 5.38. The van der Waals surface area contributed by atoms with Gasteiger partial charge < -0.3 is 15.0 Å². The summed E-state index contributed by atoms with van der Waals surface area (Å²) in [6, 6.07) is 8.25. The number of carbonyl (C=O) groups is 1. The normalized spacial score (nSPS) is 30.5. The van der Waals surface area contributed by atoms with E-state index in [-0.39, 0.29) is 11.8 Å². The maximum atomic E-state index is 12.5. The van der Waals surface area contributed by atoms with Gasteiger partial charge in [0.1, 0.15) is 0 Å². The summed E-state index contributed by atoms with van der Waals surface area (Å²) >= 11 is 0. The van der Waals surface area contributed by atoms with E-state index in [1.54, 1.807) is 0 Å². The van der Waals surface area contributed by atoms with Crippen molar-refractivity contribution < 1.29 is 9.53 Å². The standard InChI is InChI=1S/C18H24N2O2/c21-18(17-12-13-1-2-14(17)11-13)19-15-3-5-16(6-4-15)20-7-9-22-10-8-20/h3-6,13-14,17H,1-2,7-12H2,(H,19,21)/t13-,14+,17-/m0/s1. The smallest absolute Gasteiger partial charge is 0.227 e. The molecule has 1 amide bonds. The van der Waals surface area contributed by atoms with E-state index in [1.807, 2.05) is 12.1 Å². The summed E-state index contributed by atoms with van der Waals surface area (Å²) in [7, 11) is 0. The first-order valence-electron chi connectivity index (χ1n) is 8.53. The molecule has 3 atom stereocenters. The number of carbonyl (C=O) groups excluding carboxylic acids is 1. The van der Waals surface area contributed by atoms with Crippen molar-refractivity contribution in [1.29, 1.82) is 0 Å². The Labute approximate surface area is 131 Å². The fraction of sp³-hybridized carbons (Fsp3) is 0.611. The van der Waals surface area contributed by atoms with E-state index >= 15 is 0 Å². The number of hydrogen-bond donors (Lipinski definition) is 1. The van der Waals surface area contributed by atoms with Crippen LogP contribution in [0.1, 0.15) is 25.7 Å². The molecule has 1 saturated heterocycles. The predicted octanol–water partition coefficient (Wildman–Crippen LogP) is 2.90. The quantitative estimate of drug-likeness (QED) is 0.933. The number of amides is 1. The van der Waals surface area contributed by atoms with Crippen LogP contribution in [-0.4, -0.2) is 32.2 Å². The van der Waals surface area contributed by atoms with E-state index < -0.39 is 0 Å². The molecule has 0 radical (unpaired) electrons. The van der Waals surface area contributed by atoms with Crippen LogP contribution in [0.2, 0.25) is 0 Å². The second kappa shape index (κ2) is 5.92. The number of morpholine rings is 1. The number of ether oxygens (including phenoxy) is 1. The van der Waals surface area contributed by atoms with Crippen LogP contribution in [0, 0.1) is 17.8 Å². The lowest BCUT2D eigenvalue weighted by molar-refractivity contribution is -0.121. The molecule has 1 aromatic carbocycles. The van der Waals surface area contributed by atoms with Crippen LogP contribution >= 0.6 is 0 Å². The number of benzene rings is 1. The maximum Gasteiger partial charge on any atom is 0.227 e. The monoisotopic (exact) mass is 300 g/mol. The molecule has 1 aromatic rings. The Morgan fingerprint density at radius 2 is 1.86 bits per heavy atom. The molecule has 4 rings (SSSR count). The van der Waals surface area contributed by atoms with Gasteiger partial charge in [-0.05, 0) is 55.4 Å². The van der Waals surface area contributed by atoms with E-state index in [4.69, 9.17) is 4.74 Å². The zero-order valence-corrected chi connectivity index (χ0v) is 13.0. The zero-order chi connectivity index (χ0) is 14.9. The highest BCUT2D eigenvalue weighted by Gasteiger charge is 2.42. The number of anilines is 2. The van der Waals surface area contributed by atoms with Gasteiger partial charge in [0.05, 0.1) is 13.2 Å². The highest BCUT2D eigenvalue weighted by atomic mass is 16.5. The van der Waals surface area contributed by atoms with E-state index in [1.165, 1.54) is 24.9 Å². The summed E-state index contributed by atoms with van der Waals surface area (Å²) in [6.45, 7) is 3.47. The van der Waals surface area contributed by atoms with Gasteiger partial charge in [0, 0.05) is 30.4 Å². The largest absolute Gasteiger partial charge is 0.378 e.